The number of carbonyl (C=O) groups excluding carboxylic acids is 1. The molecule has 96 valence electrons. The van der Waals surface area contributed by atoms with Gasteiger partial charge in [0.15, 0.2) is 6.10 Å². The molecule has 0 aliphatic carbocycles. The molecule has 1 unspecified atom stereocenters. The third-order valence-corrected chi connectivity index (χ3v) is 2.45. The number of hydrogen-bond acceptors (Lipinski definition) is 3. The summed E-state index contributed by atoms with van der Waals surface area (Å²) in [4.78, 5) is 11.5. The van der Waals surface area contributed by atoms with Gasteiger partial charge in [0.25, 0.3) is 5.91 Å². The van der Waals surface area contributed by atoms with Crippen molar-refractivity contribution < 1.29 is 9.53 Å². The monoisotopic (exact) mass is 246 g/mol. The number of rotatable bonds is 5. The van der Waals surface area contributed by atoms with Gasteiger partial charge in [0.2, 0.25) is 0 Å². The molecule has 0 fully saturated rings. The number of nitrogens with one attached hydrogen (secondary N) is 1. The number of carbonyl (C=O) groups is 1. The predicted molar refractivity (Wildman–Crippen MR) is 71.0 cm³/mol. The Kier molecular flexibility index (Phi) is 5.22. The highest BCUT2D eigenvalue weighted by Gasteiger charge is 2.13. The van der Waals surface area contributed by atoms with Gasteiger partial charge in [0.05, 0.1) is 6.54 Å². The fourth-order valence-electron chi connectivity index (χ4n) is 1.39. The van der Waals surface area contributed by atoms with Gasteiger partial charge < -0.3 is 15.8 Å². The molecule has 0 spiro atoms. The second-order valence-electron chi connectivity index (χ2n) is 4.04. The Morgan fingerprint density at radius 2 is 2.06 bits per heavy atom. The summed E-state index contributed by atoms with van der Waals surface area (Å²) in [6, 6.07) is 7.33. The summed E-state index contributed by atoms with van der Waals surface area (Å²) in [6.45, 7) is 3.78. The molecule has 3 N–H and O–H groups in total. The predicted octanol–water partition coefficient (Wildman–Crippen LogP) is 1.22. The third kappa shape index (κ3) is 4.11. The lowest BCUT2D eigenvalue weighted by atomic mass is 10.1. The first-order valence-electron chi connectivity index (χ1n) is 5.78. The normalized spacial score (nSPS) is 13.2. The van der Waals surface area contributed by atoms with Crippen molar-refractivity contribution in [1.82, 2.24) is 5.32 Å². The molecule has 1 aromatic carbocycles. The van der Waals surface area contributed by atoms with Gasteiger partial charge in [-0.15, -0.1) is 6.42 Å². The Morgan fingerprint density at radius 3 is 2.56 bits per heavy atom. The molecular formula is C14H18N2O2. The van der Waals surface area contributed by atoms with E-state index in [1.54, 1.807) is 19.1 Å². The summed E-state index contributed by atoms with van der Waals surface area (Å²) in [5, 5.41) is 2.56. The Bertz CT molecular complexity index is 432. The molecular weight excluding hydrogens is 228 g/mol. The van der Waals surface area contributed by atoms with E-state index in [9.17, 15) is 4.79 Å². The minimum atomic E-state index is -0.584. The average molecular weight is 246 g/mol. The number of terminal acetylenes is 1. The van der Waals surface area contributed by atoms with Gasteiger partial charge in [-0.2, -0.15) is 0 Å². The Morgan fingerprint density at radius 1 is 1.44 bits per heavy atom. The lowest BCUT2D eigenvalue weighted by Gasteiger charge is -2.14. The van der Waals surface area contributed by atoms with Crippen molar-refractivity contribution in [1.29, 1.82) is 0 Å². The maximum Gasteiger partial charge on any atom is 0.261 e. The molecule has 0 radical (unpaired) electrons. The molecule has 0 bridgehead atoms. The van der Waals surface area contributed by atoms with Gasteiger partial charge in [-0.25, -0.2) is 0 Å². The summed E-state index contributed by atoms with van der Waals surface area (Å²) < 4.78 is 5.49. The first-order chi connectivity index (χ1) is 8.54. The minimum absolute atomic E-state index is 0.0181. The molecule has 0 aliphatic rings. The summed E-state index contributed by atoms with van der Waals surface area (Å²) in [7, 11) is 0. The highest BCUT2D eigenvalue weighted by molar-refractivity contribution is 5.80. The first-order valence-corrected chi connectivity index (χ1v) is 5.78. The van der Waals surface area contributed by atoms with E-state index in [1.807, 2.05) is 19.1 Å². The fraction of sp³-hybridized carbons (Fsp3) is 0.357. The topological polar surface area (TPSA) is 64.3 Å². The SMILES string of the molecule is C#CCNC(=O)C(C)Oc1ccc([C@@H](C)N)cc1. The van der Waals surface area contributed by atoms with E-state index in [0.717, 1.165) is 5.56 Å². The second kappa shape index (κ2) is 6.67. The van der Waals surface area contributed by atoms with Crippen molar-refractivity contribution in [3.8, 4) is 18.1 Å². The standard InChI is InChI=1S/C14H18N2O2/c1-4-9-16-14(17)11(3)18-13-7-5-12(6-8-13)10(2)15/h1,5-8,10-11H,9,15H2,2-3H3,(H,16,17)/t10-,11?/m1/s1. The van der Waals surface area contributed by atoms with Crippen LogP contribution in [0, 0.1) is 12.3 Å². The summed E-state index contributed by atoms with van der Waals surface area (Å²) >= 11 is 0. The van der Waals surface area contributed by atoms with Crippen molar-refractivity contribution >= 4 is 5.91 Å². The number of nitrogens with two attached hydrogens (primary N) is 1. The van der Waals surface area contributed by atoms with Gasteiger partial charge in [-0.05, 0) is 31.5 Å². The lowest BCUT2D eigenvalue weighted by Crippen LogP contribution is -2.36. The highest BCUT2D eigenvalue weighted by Crippen LogP contribution is 2.17. The quantitative estimate of drug-likeness (QED) is 0.768. The van der Waals surface area contributed by atoms with Crippen LogP contribution in [0.4, 0.5) is 0 Å². The van der Waals surface area contributed by atoms with Crippen LogP contribution < -0.4 is 15.8 Å². The van der Waals surface area contributed by atoms with E-state index in [0.29, 0.717) is 5.75 Å². The smallest absolute Gasteiger partial charge is 0.261 e. The third-order valence-electron chi connectivity index (χ3n) is 2.45. The molecule has 4 heteroatoms. The Balaban J connectivity index is 2.57. The van der Waals surface area contributed by atoms with Crippen LogP contribution in [-0.2, 0) is 4.79 Å². The number of amides is 1. The number of benzene rings is 1. The minimum Gasteiger partial charge on any atom is -0.481 e. The number of hydrogen-bond donors (Lipinski definition) is 2. The van der Waals surface area contributed by atoms with Crippen LogP contribution in [-0.4, -0.2) is 18.6 Å². The van der Waals surface area contributed by atoms with Crippen molar-refractivity contribution in [3.05, 3.63) is 29.8 Å². The van der Waals surface area contributed by atoms with Gasteiger partial charge >= 0.3 is 0 Å². The van der Waals surface area contributed by atoms with Gasteiger partial charge in [-0.1, -0.05) is 18.1 Å². The average Bonchev–Trinajstić information content (AvgIpc) is 2.36. The van der Waals surface area contributed by atoms with E-state index in [-0.39, 0.29) is 18.5 Å². The zero-order valence-electron chi connectivity index (χ0n) is 10.6. The molecule has 1 amide bonds. The maximum atomic E-state index is 11.5. The second-order valence-corrected chi connectivity index (χ2v) is 4.04. The molecule has 0 aliphatic heterocycles. The van der Waals surface area contributed by atoms with E-state index in [1.165, 1.54) is 0 Å². The maximum absolute atomic E-state index is 11.5. The zero-order chi connectivity index (χ0) is 13.5. The van der Waals surface area contributed by atoms with Gasteiger partial charge in [0.1, 0.15) is 5.75 Å². The summed E-state index contributed by atoms with van der Waals surface area (Å²) in [5.74, 6) is 2.73. The van der Waals surface area contributed by atoms with Crippen LogP contribution in [0.3, 0.4) is 0 Å². The largest absolute Gasteiger partial charge is 0.481 e. The van der Waals surface area contributed by atoms with Gasteiger partial charge in [0, 0.05) is 6.04 Å². The summed E-state index contributed by atoms with van der Waals surface area (Å²) in [5.41, 5.74) is 6.76. The molecule has 1 rings (SSSR count). The Hall–Kier alpha value is -1.99. The Labute approximate surface area is 108 Å². The van der Waals surface area contributed by atoms with Crippen LogP contribution in [0.15, 0.2) is 24.3 Å². The van der Waals surface area contributed by atoms with Crippen molar-refractivity contribution in [2.45, 2.75) is 26.0 Å². The van der Waals surface area contributed by atoms with E-state index in [4.69, 9.17) is 16.9 Å². The van der Waals surface area contributed by atoms with Crippen LogP contribution in [0.1, 0.15) is 25.5 Å². The van der Waals surface area contributed by atoms with Crippen molar-refractivity contribution in [2.75, 3.05) is 6.54 Å². The van der Waals surface area contributed by atoms with E-state index >= 15 is 0 Å². The molecule has 4 nitrogen and oxygen atoms in total. The van der Waals surface area contributed by atoms with Gasteiger partial charge in [-0.3, -0.25) is 4.79 Å². The lowest BCUT2D eigenvalue weighted by molar-refractivity contribution is -0.126. The zero-order valence-corrected chi connectivity index (χ0v) is 10.6. The van der Waals surface area contributed by atoms with Crippen LogP contribution in [0.2, 0.25) is 0 Å². The molecule has 1 aromatic rings. The van der Waals surface area contributed by atoms with Crippen LogP contribution in [0.25, 0.3) is 0 Å². The molecule has 0 aromatic heterocycles. The molecule has 0 saturated carbocycles. The van der Waals surface area contributed by atoms with Crippen molar-refractivity contribution in [3.63, 3.8) is 0 Å². The molecule has 18 heavy (non-hydrogen) atoms. The fourth-order valence-corrected chi connectivity index (χ4v) is 1.39. The highest BCUT2D eigenvalue weighted by atomic mass is 16.5. The van der Waals surface area contributed by atoms with Crippen LogP contribution >= 0.6 is 0 Å². The van der Waals surface area contributed by atoms with Crippen LogP contribution in [0.5, 0.6) is 5.75 Å². The first kappa shape index (κ1) is 14.1. The number of ether oxygens (including phenoxy) is 1. The molecule has 0 heterocycles. The van der Waals surface area contributed by atoms with E-state index < -0.39 is 6.10 Å². The molecule has 2 atom stereocenters. The summed E-state index contributed by atoms with van der Waals surface area (Å²) in [6.07, 6.45) is 4.47. The van der Waals surface area contributed by atoms with E-state index in [2.05, 4.69) is 11.2 Å². The van der Waals surface area contributed by atoms with Crippen molar-refractivity contribution in [2.24, 2.45) is 5.73 Å². The molecule has 0 saturated heterocycles.